The molecule has 28 heavy (non-hydrogen) atoms. The number of nitrogens with zero attached hydrogens (tertiary/aromatic N) is 1. The summed E-state index contributed by atoms with van der Waals surface area (Å²) in [6.07, 6.45) is 2.69. The normalized spacial score (nSPS) is 16.3. The number of piperidine rings is 1. The molecule has 0 unspecified atom stereocenters. The molecule has 2 aromatic carbocycles. The van der Waals surface area contributed by atoms with E-state index < -0.39 is 27.9 Å². The highest BCUT2D eigenvalue weighted by Gasteiger charge is 2.26. The second-order valence-electron chi connectivity index (χ2n) is 6.63. The van der Waals surface area contributed by atoms with Crippen LogP contribution in [0.15, 0.2) is 59.5 Å². The smallest absolute Gasteiger partial charge is 0.252 e. The molecule has 0 bridgehead atoms. The number of carbonyl (C=O) groups is 2. The fourth-order valence-corrected chi connectivity index (χ4v) is 4.69. The number of carbonyl (C=O) groups excluding carboxylic acids is 2. The molecule has 2 aromatic rings. The summed E-state index contributed by atoms with van der Waals surface area (Å²) in [5, 5.41) is 13.8. The number of benzene rings is 2. The number of carboxylic acids is 1. The van der Waals surface area contributed by atoms with E-state index in [1.165, 1.54) is 28.6 Å². The van der Waals surface area contributed by atoms with Crippen LogP contribution in [0, 0.1) is 0 Å². The highest BCUT2D eigenvalue weighted by atomic mass is 32.2. The summed E-state index contributed by atoms with van der Waals surface area (Å²) in [4.78, 5) is 24.0. The van der Waals surface area contributed by atoms with Crippen LogP contribution in [0.5, 0.6) is 0 Å². The molecule has 0 aromatic heterocycles. The molecule has 1 heterocycles. The van der Waals surface area contributed by atoms with Crippen LogP contribution in [0.3, 0.4) is 0 Å². The Morgan fingerprint density at radius 3 is 2.11 bits per heavy atom. The quantitative estimate of drug-likeness (QED) is 0.780. The zero-order valence-electron chi connectivity index (χ0n) is 15.2. The third kappa shape index (κ3) is 4.40. The number of rotatable bonds is 6. The number of nitrogens with one attached hydrogen (secondary N) is 1. The van der Waals surface area contributed by atoms with Gasteiger partial charge in [-0.25, -0.2) is 8.42 Å². The van der Waals surface area contributed by atoms with Crippen LogP contribution in [0.4, 0.5) is 0 Å². The summed E-state index contributed by atoms with van der Waals surface area (Å²) >= 11 is 0. The first-order chi connectivity index (χ1) is 13.4. The molecule has 0 radical (unpaired) electrons. The minimum atomic E-state index is -3.59. The summed E-state index contributed by atoms with van der Waals surface area (Å²) in [5.74, 6) is -2.05. The molecule has 1 amide bonds. The van der Waals surface area contributed by atoms with Crippen LogP contribution in [-0.2, 0) is 14.8 Å². The predicted molar refractivity (Wildman–Crippen MR) is 101 cm³/mol. The Kier molecular flexibility index (Phi) is 6.11. The van der Waals surface area contributed by atoms with Gasteiger partial charge in [0.2, 0.25) is 10.0 Å². The molecule has 148 valence electrons. The van der Waals surface area contributed by atoms with Gasteiger partial charge in [-0.3, -0.25) is 4.79 Å². The van der Waals surface area contributed by atoms with Crippen LogP contribution >= 0.6 is 0 Å². The Morgan fingerprint density at radius 1 is 0.929 bits per heavy atom. The van der Waals surface area contributed by atoms with Gasteiger partial charge >= 0.3 is 0 Å². The maximum absolute atomic E-state index is 12.7. The van der Waals surface area contributed by atoms with Gasteiger partial charge in [0.25, 0.3) is 5.91 Å². The fourth-order valence-electron chi connectivity index (χ4n) is 3.17. The minimum Gasteiger partial charge on any atom is -0.548 e. The Bertz CT molecular complexity index is 936. The van der Waals surface area contributed by atoms with Gasteiger partial charge in [0.1, 0.15) is 0 Å². The van der Waals surface area contributed by atoms with Crippen molar-refractivity contribution >= 4 is 21.9 Å². The molecule has 0 aliphatic carbocycles. The molecular formula is C20H21N2O5S-. The maximum Gasteiger partial charge on any atom is 0.252 e. The molecule has 1 fully saturated rings. The molecule has 0 spiro atoms. The minimum absolute atomic E-state index is 0.116. The molecule has 7 nitrogen and oxygen atoms in total. The van der Waals surface area contributed by atoms with Gasteiger partial charge in [-0.05, 0) is 42.7 Å². The lowest BCUT2D eigenvalue weighted by Crippen LogP contribution is -2.41. The van der Waals surface area contributed by atoms with E-state index in [1.54, 1.807) is 30.3 Å². The van der Waals surface area contributed by atoms with Crippen LogP contribution < -0.4 is 10.4 Å². The summed E-state index contributed by atoms with van der Waals surface area (Å²) in [6, 6.07) is 12.4. The Hall–Kier alpha value is -2.71. The van der Waals surface area contributed by atoms with E-state index in [-0.39, 0.29) is 10.5 Å². The second kappa shape index (κ2) is 8.53. The lowest BCUT2D eigenvalue weighted by molar-refractivity contribution is -0.308. The summed E-state index contributed by atoms with van der Waals surface area (Å²) in [7, 11) is -3.59. The SMILES string of the molecule is O=C(N[C@@H](C(=O)[O-])c1ccccc1)c1ccc(S(=O)(=O)N2CCCCC2)cc1. The van der Waals surface area contributed by atoms with Gasteiger partial charge in [-0.1, -0.05) is 36.8 Å². The van der Waals surface area contributed by atoms with Crippen LogP contribution in [-0.4, -0.2) is 37.7 Å². The first-order valence-corrected chi connectivity index (χ1v) is 10.5. The molecule has 8 heteroatoms. The van der Waals surface area contributed by atoms with E-state index in [2.05, 4.69) is 5.32 Å². The van der Waals surface area contributed by atoms with Crippen LogP contribution in [0.2, 0.25) is 0 Å². The average Bonchev–Trinajstić information content (AvgIpc) is 2.73. The van der Waals surface area contributed by atoms with E-state index in [4.69, 9.17) is 0 Å². The van der Waals surface area contributed by atoms with Crippen molar-refractivity contribution in [3.63, 3.8) is 0 Å². The topological polar surface area (TPSA) is 107 Å². The van der Waals surface area contributed by atoms with Gasteiger partial charge in [0.15, 0.2) is 0 Å². The van der Waals surface area contributed by atoms with Crippen molar-refractivity contribution in [2.45, 2.75) is 30.2 Å². The van der Waals surface area contributed by atoms with E-state index in [9.17, 15) is 23.1 Å². The molecule has 3 rings (SSSR count). The number of sulfonamides is 1. The average molecular weight is 401 g/mol. The van der Waals surface area contributed by atoms with Gasteiger partial charge in [-0.15, -0.1) is 0 Å². The van der Waals surface area contributed by atoms with Crippen molar-refractivity contribution in [3.05, 3.63) is 65.7 Å². The van der Waals surface area contributed by atoms with Gasteiger partial charge < -0.3 is 15.2 Å². The van der Waals surface area contributed by atoms with E-state index in [0.717, 1.165) is 19.3 Å². The third-order valence-corrected chi connectivity index (χ3v) is 6.63. The maximum atomic E-state index is 12.7. The summed E-state index contributed by atoms with van der Waals surface area (Å²) < 4.78 is 26.8. The number of hydrogen-bond acceptors (Lipinski definition) is 5. The van der Waals surface area contributed by atoms with Gasteiger partial charge in [0, 0.05) is 18.7 Å². The first kappa shape index (κ1) is 20.0. The van der Waals surface area contributed by atoms with Crippen molar-refractivity contribution in [1.82, 2.24) is 9.62 Å². The van der Waals surface area contributed by atoms with Crippen LogP contribution in [0.1, 0.15) is 41.2 Å². The number of aliphatic carboxylic acids is 1. The van der Waals surface area contributed by atoms with E-state index in [0.29, 0.717) is 18.7 Å². The first-order valence-electron chi connectivity index (χ1n) is 9.06. The second-order valence-corrected chi connectivity index (χ2v) is 8.56. The molecule has 1 aliphatic heterocycles. The van der Waals surface area contributed by atoms with Crippen molar-refractivity contribution < 1.29 is 23.1 Å². The number of carboxylic acid groups (broad SMARTS) is 1. The highest BCUT2D eigenvalue weighted by Crippen LogP contribution is 2.21. The largest absolute Gasteiger partial charge is 0.548 e. The van der Waals surface area contributed by atoms with Gasteiger partial charge in [0.05, 0.1) is 16.9 Å². The van der Waals surface area contributed by atoms with Crippen molar-refractivity contribution in [3.8, 4) is 0 Å². The zero-order chi connectivity index (χ0) is 20.1. The van der Waals surface area contributed by atoms with Crippen molar-refractivity contribution in [2.24, 2.45) is 0 Å². The lowest BCUT2D eigenvalue weighted by atomic mass is 10.1. The highest BCUT2D eigenvalue weighted by molar-refractivity contribution is 7.89. The van der Waals surface area contributed by atoms with Crippen LogP contribution in [0.25, 0.3) is 0 Å². The molecular weight excluding hydrogens is 380 g/mol. The molecule has 1 atom stereocenters. The molecule has 1 saturated heterocycles. The Labute approximate surface area is 164 Å². The number of hydrogen-bond donors (Lipinski definition) is 1. The molecule has 0 saturated carbocycles. The summed E-state index contributed by atoms with van der Waals surface area (Å²) in [5.41, 5.74) is 0.555. The standard InChI is InChI=1S/C20H22N2O5S/c23-19(21-18(20(24)25)15-7-3-1-4-8-15)16-9-11-17(12-10-16)28(26,27)22-13-5-2-6-14-22/h1,3-4,7-12,18H,2,5-6,13-14H2,(H,21,23)(H,24,25)/p-1/t18-/m1/s1. The lowest BCUT2D eigenvalue weighted by Gasteiger charge is -2.26. The van der Waals surface area contributed by atoms with E-state index in [1.807, 2.05) is 0 Å². The summed E-state index contributed by atoms with van der Waals surface area (Å²) in [6.45, 7) is 0.990. The zero-order valence-corrected chi connectivity index (χ0v) is 16.0. The molecule has 1 aliphatic rings. The number of amides is 1. The van der Waals surface area contributed by atoms with E-state index >= 15 is 0 Å². The van der Waals surface area contributed by atoms with Gasteiger partial charge in [-0.2, -0.15) is 4.31 Å². The fraction of sp³-hybridized carbons (Fsp3) is 0.300. The Morgan fingerprint density at radius 2 is 1.54 bits per heavy atom. The molecule has 1 N–H and O–H groups in total. The Balaban J connectivity index is 1.75. The van der Waals surface area contributed by atoms with Crippen molar-refractivity contribution in [1.29, 1.82) is 0 Å². The van der Waals surface area contributed by atoms with Crippen molar-refractivity contribution in [2.75, 3.05) is 13.1 Å². The predicted octanol–water partition coefficient (Wildman–Crippen LogP) is 1.08. The third-order valence-electron chi connectivity index (χ3n) is 4.71. The monoisotopic (exact) mass is 401 g/mol.